The molecule has 0 fully saturated rings. The van der Waals surface area contributed by atoms with E-state index in [2.05, 4.69) is 34.1 Å². The Hall–Kier alpha value is -2.55. The van der Waals surface area contributed by atoms with Gasteiger partial charge < -0.3 is 24.6 Å². The molecule has 1 aliphatic heterocycles. The highest BCUT2D eigenvalue weighted by molar-refractivity contribution is 7.99. The highest BCUT2D eigenvalue weighted by atomic mass is 32.2. The molecular weight excluding hydrogens is 460 g/mol. The number of para-hydroxylation sites is 2. The second-order valence-electron chi connectivity index (χ2n) is 8.45. The summed E-state index contributed by atoms with van der Waals surface area (Å²) in [6.45, 7) is 5.86. The van der Waals surface area contributed by atoms with Crippen LogP contribution in [-0.4, -0.2) is 67.3 Å². The van der Waals surface area contributed by atoms with E-state index in [1.807, 2.05) is 55.5 Å². The molecule has 0 aromatic heterocycles. The topological polar surface area (TPSA) is 65.4 Å². The summed E-state index contributed by atoms with van der Waals surface area (Å²) < 4.78 is 11.0. The number of ether oxygens (including phenoxy) is 2. The number of rotatable bonds is 13. The van der Waals surface area contributed by atoms with E-state index in [4.69, 9.17) is 9.47 Å². The van der Waals surface area contributed by atoms with Crippen LogP contribution in [0.15, 0.2) is 82.6 Å². The van der Waals surface area contributed by atoms with Crippen LogP contribution in [0.2, 0.25) is 0 Å². The van der Waals surface area contributed by atoms with Crippen molar-refractivity contribution in [3.8, 4) is 5.75 Å². The molecule has 0 radical (unpaired) electrons. The first-order chi connectivity index (χ1) is 17.2. The molecule has 4 rings (SSSR count). The summed E-state index contributed by atoms with van der Waals surface area (Å²) in [5.41, 5.74) is 3.33. The van der Waals surface area contributed by atoms with Gasteiger partial charge in [0.25, 0.3) is 0 Å². The molecule has 0 bridgehead atoms. The van der Waals surface area contributed by atoms with Crippen LogP contribution in [-0.2, 0) is 11.3 Å². The second-order valence-corrected chi connectivity index (χ2v) is 9.53. The molecule has 0 spiro atoms. The van der Waals surface area contributed by atoms with Crippen molar-refractivity contribution >= 4 is 23.1 Å². The van der Waals surface area contributed by atoms with Gasteiger partial charge in [-0.3, -0.25) is 4.90 Å². The van der Waals surface area contributed by atoms with Gasteiger partial charge in [0.1, 0.15) is 12.4 Å². The SMILES string of the molecule is CCOCCOc1ccc(CN(CCO)C[C@H](O)CN2c3ccccc3Sc3ccccc32)cc1. The van der Waals surface area contributed by atoms with Crippen LogP contribution in [0, 0.1) is 0 Å². The third kappa shape index (κ3) is 6.99. The fourth-order valence-corrected chi connectivity index (χ4v) is 5.33. The molecule has 186 valence electrons. The first-order valence-corrected chi connectivity index (χ1v) is 12.9. The second kappa shape index (κ2) is 13.0. The number of β-amino-alcohol motifs (C(OH)–C–C–N with tert-alkyl or cyclic N) is 1. The number of fused-ring (bicyclic) bond motifs is 2. The molecular formula is C28H34N2O4S. The van der Waals surface area contributed by atoms with Gasteiger partial charge in [-0.25, -0.2) is 0 Å². The minimum atomic E-state index is -0.591. The molecule has 1 aliphatic rings. The van der Waals surface area contributed by atoms with E-state index >= 15 is 0 Å². The van der Waals surface area contributed by atoms with Crippen molar-refractivity contribution in [3.05, 3.63) is 78.4 Å². The van der Waals surface area contributed by atoms with E-state index in [-0.39, 0.29) is 6.61 Å². The van der Waals surface area contributed by atoms with Crippen molar-refractivity contribution in [3.63, 3.8) is 0 Å². The number of aliphatic hydroxyl groups is 2. The number of hydrogen-bond acceptors (Lipinski definition) is 7. The Bertz CT molecular complexity index is 1020. The minimum absolute atomic E-state index is 0.0391. The predicted molar refractivity (Wildman–Crippen MR) is 141 cm³/mol. The molecule has 7 heteroatoms. The molecule has 2 N–H and O–H groups in total. The number of aliphatic hydroxyl groups excluding tert-OH is 2. The maximum Gasteiger partial charge on any atom is 0.119 e. The zero-order chi connectivity index (χ0) is 24.5. The monoisotopic (exact) mass is 494 g/mol. The lowest BCUT2D eigenvalue weighted by Gasteiger charge is -2.35. The normalized spacial score (nSPS) is 13.4. The maximum absolute atomic E-state index is 11.1. The number of benzene rings is 3. The number of anilines is 2. The molecule has 0 saturated carbocycles. The number of nitrogens with zero attached hydrogens (tertiary/aromatic N) is 2. The summed E-state index contributed by atoms with van der Waals surface area (Å²) in [6, 6.07) is 24.6. The van der Waals surface area contributed by atoms with Crippen molar-refractivity contribution in [2.45, 2.75) is 29.4 Å². The van der Waals surface area contributed by atoms with Crippen LogP contribution in [0.4, 0.5) is 11.4 Å². The van der Waals surface area contributed by atoms with Gasteiger partial charge in [0.2, 0.25) is 0 Å². The van der Waals surface area contributed by atoms with E-state index in [0.717, 1.165) is 22.7 Å². The molecule has 0 saturated heterocycles. The summed E-state index contributed by atoms with van der Waals surface area (Å²) in [6.07, 6.45) is -0.591. The lowest BCUT2D eigenvalue weighted by Crippen LogP contribution is -2.40. The van der Waals surface area contributed by atoms with Crippen LogP contribution in [0.5, 0.6) is 5.75 Å². The van der Waals surface area contributed by atoms with E-state index in [1.54, 1.807) is 11.8 Å². The molecule has 0 unspecified atom stereocenters. The summed E-state index contributed by atoms with van der Waals surface area (Å²) in [5.74, 6) is 0.808. The molecule has 1 atom stereocenters. The lowest BCUT2D eigenvalue weighted by atomic mass is 10.1. The molecule has 35 heavy (non-hydrogen) atoms. The Kier molecular flexibility index (Phi) is 9.45. The lowest BCUT2D eigenvalue weighted by molar-refractivity contribution is 0.100. The molecule has 3 aromatic rings. The van der Waals surface area contributed by atoms with Crippen LogP contribution in [0.25, 0.3) is 0 Å². The van der Waals surface area contributed by atoms with Crippen LogP contribution >= 0.6 is 11.8 Å². The Morgan fingerprint density at radius 2 is 1.57 bits per heavy atom. The fourth-order valence-electron chi connectivity index (χ4n) is 4.23. The van der Waals surface area contributed by atoms with Gasteiger partial charge in [0.15, 0.2) is 0 Å². The Labute approximate surface area is 212 Å². The van der Waals surface area contributed by atoms with Gasteiger partial charge >= 0.3 is 0 Å². The highest BCUT2D eigenvalue weighted by Crippen LogP contribution is 2.47. The maximum atomic E-state index is 11.1. The zero-order valence-corrected chi connectivity index (χ0v) is 21.0. The molecule has 0 aliphatic carbocycles. The zero-order valence-electron chi connectivity index (χ0n) is 20.2. The van der Waals surface area contributed by atoms with Crippen molar-refractivity contribution < 1.29 is 19.7 Å². The third-order valence-corrected chi connectivity index (χ3v) is 6.97. The van der Waals surface area contributed by atoms with Gasteiger partial charge in [0.05, 0.1) is 37.2 Å². The van der Waals surface area contributed by atoms with Gasteiger partial charge in [-0.2, -0.15) is 0 Å². The van der Waals surface area contributed by atoms with E-state index in [1.165, 1.54) is 9.79 Å². The van der Waals surface area contributed by atoms with Gasteiger partial charge in [-0.05, 0) is 48.9 Å². The van der Waals surface area contributed by atoms with Crippen LogP contribution < -0.4 is 9.64 Å². The van der Waals surface area contributed by atoms with Gasteiger partial charge in [0, 0.05) is 36.0 Å². The predicted octanol–water partition coefficient (Wildman–Crippen LogP) is 4.56. The number of hydrogen-bond donors (Lipinski definition) is 2. The molecule has 3 aromatic carbocycles. The van der Waals surface area contributed by atoms with Crippen LogP contribution in [0.3, 0.4) is 0 Å². The summed E-state index contributed by atoms with van der Waals surface area (Å²) in [5, 5.41) is 20.7. The van der Waals surface area contributed by atoms with Crippen molar-refractivity contribution in [2.24, 2.45) is 0 Å². The summed E-state index contributed by atoms with van der Waals surface area (Å²) in [4.78, 5) is 6.67. The molecule has 1 heterocycles. The highest BCUT2D eigenvalue weighted by Gasteiger charge is 2.25. The largest absolute Gasteiger partial charge is 0.491 e. The van der Waals surface area contributed by atoms with Crippen molar-refractivity contribution in [2.75, 3.05) is 51.0 Å². The first-order valence-electron chi connectivity index (χ1n) is 12.1. The molecule has 6 nitrogen and oxygen atoms in total. The Morgan fingerprint density at radius 3 is 2.20 bits per heavy atom. The summed E-state index contributed by atoms with van der Waals surface area (Å²) >= 11 is 1.76. The first kappa shape index (κ1) is 25.5. The fraction of sp³-hybridized carbons (Fsp3) is 0.357. The third-order valence-electron chi connectivity index (χ3n) is 5.84. The van der Waals surface area contributed by atoms with Crippen molar-refractivity contribution in [1.82, 2.24) is 4.90 Å². The Morgan fingerprint density at radius 1 is 0.914 bits per heavy atom. The van der Waals surface area contributed by atoms with E-state index in [9.17, 15) is 10.2 Å². The van der Waals surface area contributed by atoms with Gasteiger partial charge in [-0.1, -0.05) is 48.2 Å². The smallest absolute Gasteiger partial charge is 0.119 e. The van der Waals surface area contributed by atoms with E-state index in [0.29, 0.717) is 46.0 Å². The van der Waals surface area contributed by atoms with Crippen molar-refractivity contribution in [1.29, 1.82) is 0 Å². The Balaban J connectivity index is 1.39. The average molecular weight is 495 g/mol. The van der Waals surface area contributed by atoms with Gasteiger partial charge in [-0.15, -0.1) is 0 Å². The van der Waals surface area contributed by atoms with Crippen LogP contribution in [0.1, 0.15) is 12.5 Å². The standard InChI is InChI=1S/C28H34N2O4S/c1-2-33-17-18-34-24-13-11-22(12-14-24)19-29(15-16-31)20-23(32)21-30-25-7-3-5-9-27(25)35-28-10-6-4-8-26(28)30/h3-14,23,31-32H,2,15-21H2,1H3/t23-/m0/s1. The van der Waals surface area contributed by atoms with E-state index < -0.39 is 6.10 Å². The molecule has 0 amide bonds. The summed E-state index contributed by atoms with van der Waals surface area (Å²) in [7, 11) is 0. The average Bonchev–Trinajstić information content (AvgIpc) is 2.87. The quantitative estimate of drug-likeness (QED) is 0.338. The minimum Gasteiger partial charge on any atom is -0.491 e.